The van der Waals surface area contributed by atoms with Gasteiger partial charge in [-0.1, -0.05) is 16.8 Å². The number of anilines is 1. The van der Waals surface area contributed by atoms with Crippen LogP contribution in [-0.4, -0.2) is 32.9 Å². The van der Waals surface area contributed by atoms with E-state index in [0.717, 1.165) is 5.56 Å². The Hall–Kier alpha value is -2.73. The monoisotopic (exact) mass is 348 g/mol. The number of rotatable bonds is 7. The van der Waals surface area contributed by atoms with Crippen molar-refractivity contribution < 1.29 is 19.1 Å². The van der Waals surface area contributed by atoms with Gasteiger partial charge in [0.05, 0.1) is 20.4 Å². The molecule has 0 aliphatic rings. The lowest BCUT2D eigenvalue weighted by atomic mass is 10.2. The van der Waals surface area contributed by atoms with Crippen LogP contribution in [0.2, 0.25) is 5.02 Å². The van der Waals surface area contributed by atoms with E-state index in [9.17, 15) is 4.79 Å². The van der Waals surface area contributed by atoms with Crippen LogP contribution in [0.1, 0.15) is 5.56 Å². The van der Waals surface area contributed by atoms with Crippen LogP contribution in [0.4, 0.5) is 5.69 Å². The number of benzene rings is 2. The Morgan fingerprint density at radius 1 is 1.12 bits per heavy atom. The highest BCUT2D eigenvalue weighted by molar-refractivity contribution is 6.30. The predicted octanol–water partition coefficient (Wildman–Crippen LogP) is 3.35. The fraction of sp³-hybridized carbons (Fsp3) is 0.176. The topological polar surface area (TPSA) is 69.2 Å². The highest BCUT2D eigenvalue weighted by Crippen LogP contribution is 2.26. The van der Waals surface area contributed by atoms with E-state index in [1.165, 1.54) is 6.21 Å². The molecule has 7 heteroatoms. The van der Waals surface area contributed by atoms with Gasteiger partial charge in [-0.15, -0.1) is 0 Å². The lowest BCUT2D eigenvalue weighted by Crippen LogP contribution is -2.16. The van der Waals surface area contributed by atoms with Gasteiger partial charge in [-0.3, -0.25) is 4.79 Å². The molecule has 0 saturated heterocycles. The summed E-state index contributed by atoms with van der Waals surface area (Å²) in [6.45, 7) is -0.202. The third-order valence-electron chi connectivity index (χ3n) is 3.01. The summed E-state index contributed by atoms with van der Waals surface area (Å²) >= 11 is 5.78. The van der Waals surface area contributed by atoms with Crippen molar-refractivity contribution in [3.05, 3.63) is 53.1 Å². The van der Waals surface area contributed by atoms with E-state index in [1.54, 1.807) is 56.7 Å². The smallest absolute Gasteiger partial charge is 0.265 e. The summed E-state index contributed by atoms with van der Waals surface area (Å²) in [5.41, 5.74) is 1.39. The maximum absolute atomic E-state index is 11.7. The molecule has 0 aliphatic carbocycles. The van der Waals surface area contributed by atoms with Crippen molar-refractivity contribution in [1.29, 1.82) is 0 Å². The van der Waals surface area contributed by atoms with E-state index in [2.05, 4.69) is 10.5 Å². The van der Waals surface area contributed by atoms with Crippen molar-refractivity contribution in [1.82, 2.24) is 0 Å². The van der Waals surface area contributed by atoms with Gasteiger partial charge in [0.15, 0.2) is 18.1 Å². The molecule has 1 N–H and O–H groups in total. The number of oxime groups is 1. The molecule has 0 radical (unpaired) electrons. The third-order valence-corrected chi connectivity index (χ3v) is 3.26. The Balaban J connectivity index is 1.83. The molecule has 0 bridgehead atoms. The van der Waals surface area contributed by atoms with E-state index in [1.807, 2.05) is 0 Å². The number of carbonyl (C=O) groups is 1. The molecule has 1 amide bonds. The Bertz CT molecular complexity index is 717. The van der Waals surface area contributed by atoms with Gasteiger partial charge in [0.2, 0.25) is 0 Å². The largest absolute Gasteiger partial charge is 0.493 e. The van der Waals surface area contributed by atoms with E-state index >= 15 is 0 Å². The zero-order valence-electron chi connectivity index (χ0n) is 13.3. The zero-order chi connectivity index (χ0) is 17.4. The van der Waals surface area contributed by atoms with Crippen LogP contribution in [0.25, 0.3) is 0 Å². The van der Waals surface area contributed by atoms with Crippen LogP contribution in [0.15, 0.2) is 47.6 Å². The van der Waals surface area contributed by atoms with Crippen molar-refractivity contribution in [2.75, 3.05) is 26.1 Å². The summed E-state index contributed by atoms with van der Waals surface area (Å²) in [7, 11) is 3.12. The number of nitrogens with zero attached hydrogens (tertiary/aromatic N) is 1. The SMILES string of the molecule is COc1ccc(/C=N\OCC(=O)Nc2ccc(Cl)cc2)cc1OC. The molecule has 126 valence electrons. The van der Waals surface area contributed by atoms with Gasteiger partial charge in [0.25, 0.3) is 5.91 Å². The van der Waals surface area contributed by atoms with E-state index in [0.29, 0.717) is 22.2 Å². The van der Waals surface area contributed by atoms with Gasteiger partial charge in [-0.2, -0.15) is 0 Å². The van der Waals surface area contributed by atoms with E-state index in [4.69, 9.17) is 25.9 Å². The molecule has 0 saturated carbocycles. The van der Waals surface area contributed by atoms with Crippen LogP contribution < -0.4 is 14.8 Å². The summed E-state index contributed by atoms with van der Waals surface area (Å²) < 4.78 is 10.3. The number of hydrogen-bond acceptors (Lipinski definition) is 5. The number of halogens is 1. The highest BCUT2D eigenvalue weighted by Gasteiger charge is 2.04. The fourth-order valence-corrected chi connectivity index (χ4v) is 1.98. The number of methoxy groups -OCH3 is 2. The van der Waals surface area contributed by atoms with Crippen LogP contribution in [-0.2, 0) is 9.63 Å². The van der Waals surface area contributed by atoms with Crippen molar-refractivity contribution in [2.24, 2.45) is 5.16 Å². The van der Waals surface area contributed by atoms with Gasteiger partial charge in [0.1, 0.15) is 0 Å². The molecule has 0 aliphatic heterocycles. The van der Waals surface area contributed by atoms with E-state index < -0.39 is 0 Å². The number of nitrogens with one attached hydrogen (secondary N) is 1. The first-order chi connectivity index (χ1) is 11.6. The maximum Gasteiger partial charge on any atom is 0.265 e. The molecule has 2 aromatic carbocycles. The van der Waals surface area contributed by atoms with Crippen LogP contribution in [0.3, 0.4) is 0 Å². The molecule has 0 heterocycles. The molecule has 0 fully saturated rings. The minimum Gasteiger partial charge on any atom is -0.493 e. The number of hydrogen-bond donors (Lipinski definition) is 1. The van der Waals surface area contributed by atoms with Gasteiger partial charge >= 0.3 is 0 Å². The van der Waals surface area contributed by atoms with Crippen molar-refractivity contribution >= 4 is 29.4 Å². The average molecular weight is 349 g/mol. The molecule has 24 heavy (non-hydrogen) atoms. The minimum atomic E-state index is -0.318. The Kier molecular flexibility index (Phi) is 6.45. The van der Waals surface area contributed by atoms with Crippen molar-refractivity contribution in [2.45, 2.75) is 0 Å². The Morgan fingerprint density at radius 3 is 2.50 bits per heavy atom. The first-order valence-corrected chi connectivity index (χ1v) is 7.43. The summed E-state index contributed by atoms with van der Waals surface area (Å²) in [6, 6.07) is 12.1. The van der Waals surface area contributed by atoms with Crippen LogP contribution >= 0.6 is 11.6 Å². The molecule has 0 spiro atoms. The standard InChI is InChI=1S/C17H17ClN2O4/c1-22-15-8-3-12(9-16(15)23-2)10-19-24-11-17(21)20-14-6-4-13(18)5-7-14/h3-10H,11H2,1-2H3,(H,20,21)/b19-10-. The lowest BCUT2D eigenvalue weighted by Gasteiger charge is -2.07. The summed E-state index contributed by atoms with van der Waals surface area (Å²) in [6.07, 6.45) is 1.48. The van der Waals surface area contributed by atoms with Crippen molar-refractivity contribution in [3.63, 3.8) is 0 Å². The molecular weight excluding hydrogens is 332 g/mol. The molecule has 0 aromatic heterocycles. The van der Waals surface area contributed by atoms with Gasteiger partial charge in [-0.25, -0.2) is 0 Å². The highest BCUT2D eigenvalue weighted by atomic mass is 35.5. The molecule has 6 nitrogen and oxygen atoms in total. The van der Waals surface area contributed by atoms with Gasteiger partial charge < -0.3 is 19.6 Å². The molecule has 0 unspecified atom stereocenters. The minimum absolute atomic E-state index is 0.202. The fourth-order valence-electron chi connectivity index (χ4n) is 1.86. The van der Waals surface area contributed by atoms with Crippen molar-refractivity contribution in [3.8, 4) is 11.5 Å². The summed E-state index contributed by atoms with van der Waals surface area (Å²) in [5.74, 6) is 0.890. The first-order valence-electron chi connectivity index (χ1n) is 7.05. The molecule has 2 rings (SSSR count). The van der Waals surface area contributed by atoms with Crippen LogP contribution in [0.5, 0.6) is 11.5 Å². The zero-order valence-corrected chi connectivity index (χ0v) is 14.0. The quantitative estimate of drug-likeness (QED) is 0.615. The summed E-state index contributed by atoms with van der Waals surface area (Å²) in [4.78, 5) is 16.7. The number of amides is 1. The molecule has 0 atom stereocenters. The van der Waals surface area contributed by atoms with E-state index in [-0.39, 0.29) is 12.5 Å². The average Bonchev–Trinajstić information content (AvgIpc) is 2.60. The number of ether oxygens (including phenoxy) is 2. The molecular formula is C17H17ClN2O4. The number of carbonyl (C=O) groups excluding carboxylic acids is 1. The first kappa shape index (κ1) is 17.6. The second-order valence-corrected chi connectivity index (χ2v) is 5.11. The summed E-state index contributed by atoms with van der Waals surface area (Å²) in [5, 5.41) is 7.03. The maximum atomic E-state index is 11.7. The lowest BCUT2D eigenvalue weighted by molar-refractivity contribution is -0.120. The molecule has 2 aromatic rings. The van der Waals surface area contributed by atoms with Gasteiger partial charge in [-0.05, 0) is 42.5 Å². The third kappa shape index (κ3) is 5.17. The Morgan fingerprint density at radius 2 is 1.83 bits per heavy atom. The predicted molar refractivity (Wildman–Crippen MR) is 93.2 cm³/mol. The van der Waals surface area contributed by atoms with Crippen LogP contribution in [0, 0.1) is 0 Å². The Labute approximate surface area is 145 Å². The second-order valence-electron chi connectivity index (χ2n) is 4.68. The second kappa shape index (κ2) is 8.79. The van der Waals surface area contributed by atoms with Gasteiger partial charge in [0, 0.05) is 16.3 Å². The normalized spacial score (nSPS) is 10.5.